The van der Waals surface area contributed by atoms with Crippen LogP contribution in [0, 0.1) is 10.8 Å². The molecule has 0 aromatic rings. The van der Waals surface area contributed by atoms with E-state index in [2.05, 4.69) is 5.32 Å². The van der Waals surface area contributed by atoms with Crippen LogP contribution in [0.1, 0.15) is 26.2 Å². The predicted molar refractivity (Wildman–Crippen MR) is 62.7 cm³/mol. The van der Waals surface area contributed by atoms with Crippen LogP contribution in [0.2, 0.25) is 0 Å². The molecule has 2 aliphatic rings. The van der Waals surface area contributed by atoms with E-state index in [4.69, 9.17) is 5.11 Å². The quantitative estimate of drug-likeness (QED) is 0.685. The van der Waals surface area contributed by atoms with Crippen molar-refractivity contribution in [3.05, 3.63) is 0 Å². The Morgan fingerprint density at radius 3 is 2.28 bits per heavy atom. The first kappa shape index (κ1) is 12.9. The van der Waals surface area contributed by atoms with Crippen molar-refractivity contribution in [2.24, 2.45) is 10.8 Å². The van der Waals surface area contributed by atoms with Gasteiger partial charge in [0.15, 0.2) is 0 Å². The highest BCUT2D eigenvalue weighted by molar-refractivity contribution is 6.05. The monoisotopic (exact) mass is 254 g/mol. The lowest BCUT2D eigenvalue weighted by atomic mass is 9.89. The summed E-state index contributed by atoms with van der Waals surface area (Å²) in [5, 5.41) is 11.7. The molecular weight excluding hydrogens is 236 g/mol. The summed E-state index contributed by atoms with van der Waals surface area (Å²) in [6.07, 6.45) is 1.40. The third-order valence-electron chi connectivity index (χ3n) is 4.10. The Labute approximate surface area is 105 Å². The molecule has 0 bridgehead atoms. The number of likely N-dealkylation sites (tertiary alicyclic amines) is 1. The molecular formula is C12H18N2O4. The molecule has 1 heterocycles. The van der Waals surface area contributed by atoms with Crippen molar-refractivity contribution >= 4 is 17.8 Å². The van der Waals surface area contributed by atoms with Crippen molar-refractivity contribution in [3.8, 4) is 0 Å². The average Bonchev–Trinajstić information content (AvgIpc) is 3.06. The van der Waals surface area contributed by atoms with E-state index >= 15 is 0 Å². The molecule has 2 amide bonds. The topological polar surface area (TPSA) is 86.7 Å². The van der Waals surface area contributed by atoms with Gasteiger partial charge in [-0.25, -0.2) is 0 Å². The SMILES string of the molecule is CNC(=O)C1(C)CCN(C(=O)C2(C(=O)O)CC2)C1. The Balaban J connectivity index is 2.08. The molecule has 1 saturated carbocycles. The molecule has 2 fully saturated rings. The molecule has 2 N–H and O–H groups in total. The van der Waals surface area contributed by atoms with Gasteiger partial charge in [-0.15, -0.1) is 0 Å². The van der Waals surface area contributed by atoms with Gasteiger partial charge in [-0.2, -0.15) is 0 Å². The molecule has 6 nitrogen and oxygen atoms in total. The first-order valence-corrected chi connectivity index (χ1v) is 6.11. The molecule has 0 radical (unpaired) electrons. The Hall–Kier alpha value is -1.59. The van der Waals surface area contributed by atoms with Gasteiger partial charge in [0.25, 0.3) is 0 Å². The van der Waals surface area contributed by atoms with Crippen molar-refractivity contribution in [1.82, 2.24) is 10.2 Å². The fourth-order valence-corrected chi connectivity index (χ4v) is 2.57. The molecule has 0 spiro atoms. The number of hydrogen-bond donors (Lipinski definition) is 2. The lowest BCUT2D eigenvalue weighted by molar-refractivity contribution is -0.153. The summed E-state index contributed by atoms with van der Waals surface area (Å²) in [6, 6.07) is 0. The van der Waals surface area contributed by atoms with Crippen LogP contribution in [0.4, 0.5) is 0 Å². The van der Waals surface area contributed by atoms with Crippen molar-refractivity contribution in [1.29, 1.82) is 0 Å². The number of carboxylic acids is 1. The number of carbonyl (C=O) groups is 3. The summed E-state index contributed by atoms with van der Waals surface area (Å²) in [7, 11) is 1.57. The molecule has 6 heteroatoms. The van der Waals surface area contributed by atoms with Crippen molar-refractivity contribution < 1.29 is 19.5 Å². The summed E-state index contributed by atoms with van der Waals surface area (Å²) in [6.45, 7) is 2.57. The zero-order chi connectivity index (χ0) is 13.6. The number of aliphatic carboxylic acids is 1. The van der Waals surface area contributed by atoms with Gasteiger partial charge in [-0.05, 0) is 26.2 Å². The van der Waals surface area contributed by atoms with Crippen LogP contribution in [-0.4, -0.2) is 47.9 Å². The largest absolute Gasteiger partial charge is 0.480 e. The first-order valence-electron chi connectivity index (χ1n) is 6.11. The van der Waals surface area contributed by atoms with Crippen molar-refractivity contribution in [3.63, 3.8) is 0 Å². The van der Waals surface area contributed by atoms with E-state index in [1.54, 1.807) is 14.0 Å². The predicted octanol–water partition coefficient (Wildman–Crippen LogP) is -0.164. The van der Waals surface area contributed by atoms with E-state index in [1.807, 2.05) is 0 Å². The van der Waals surface area contributed by atoms with E-state index in [0.29, 0.717) is 32.4 Å². The van der Waals surface area contributed by atoms with E-state index in [-0.39, 0.29) is 11.8 Å². The van der Waals surface area contributed by atoms with Gasteiger partial charge in [0.05, 0.1) is 5.41 Å². The van der Waals surface area contributed by atoms with Crippen LogP contribution in [0.5, 0.6) is 0 Å². The van der Waals surface area contributed by atoms with E-state index in [0.717, 1.165) is 0 Å². The van der Waals surface area contributed by atoms with E-state index in [9.17, 15) is 14.4 Å². The Morgan fingerprint density at radius 2 is 1.83 bits per heavy atom. The summed E-state index contributed by atoms with van der Waals surface area (Å²) in [5.41, 5.74) is -1.80. The fourth-order valence-electron chi connectivity index (χ4n) is 2.57. The smallest absolute Gasteiger partial charge is 0.319 e. The van der Waals surface area contributed by atoms with Gasteiger partial charge in [0, 0.05) is 20.1 Å². The van der Waals surface area contributed by atoms with Crippen molar-refractivity contribution in [2.45, 2.75) is 26.2 Å². The molecule has 100 valence electrons. The number of nitrogens with one attached hydrogen (secondary N) is 1. The van der Waals surface area contributed by atoms with Crippen molar-refractivity contribution in [2.75, 3.05) is 20.1 Å². The van der Waals surface area contributed by atoms with Crippen LogP contribution in [-0.2, 0) is 14.4 Å². The van der Waals surface area contributed by atoms with Crippen LogP contribution in [0.15, 0.2) is 0 Å². The number of amides is 2. The summed E-state index contributed by atoms with van der Waals surface area (Å²) < 4.78 is 0. The number of hydrogen-bond acceptors (Lipinski definition) is 3. The van der Waals surface area contributed by atoms with Crippen LogP contribution in [0.3, 0.4) is 0 Å². The molecule has 2 rings (SSSR count). The van der Waals surface area contributed by atoms with Crippen LogP contribution in [0.25, 0.3) is 0 Å². The van der Waals surface area contributed by atoms with Gasteiger partial charge in [-0.3, -0.25) is 14.4 Å². The minimum Gasteiger partial charge on any atom is -0.480 e. The molecule has 1 unspecified atom stereocenters. The maximum absolute atomic E-state index is 12.2. The van der Waals surface area contributed by atoms with Gasteiger partial charge in [0.1, 0.15) is 5.41 Å². The zero-order valence-electron chi connectivity index (χ0n) is 10.7. The summed E-state index contributed by atoms with van der Waals surface area (Å²) in [5.74, 6) is -1.47. The molecule has 0 aromatic heterocycles. The van der Waals surface area contributed by atoms with Gasteiger partial charge in [-0.1, -0.05) is 0 Å². The van der Waals surface area contributed by atoms with Gasteiger partial charge >= 0.3 is 5.97 Å². The second-order valence-electron chi connectivity index (χ2n) is 5.50. The summed E-state index contributed by atoms with van der Waals surface area (Å²) in [4.78, 5) is 36.6. The average molecular weight is 254 g/mol. The Kier molecular flexibility index (Phi) is 2.83. The third-order valence-corrected chi connectivity index (χ3v) is 4.10. The molecule has 1 aliphatic carbocycles. The van der Waals surface area contributed by atoms with Crippen LogP contribution < -0.4 is 5.32 Å². The number of nitrogens with zero attached hydrogens (tertiary/aromatic N) is 1. The maximum Gasteiger partial charge on any atom is 0.319 e. The highest BCUT2D eigenvalue weighted by atomic mass is 16.4. The number of carboxylic acid groups (broad SMARTS) is 1. The number of carbonyl (C=O) groups excluding carboxylic acids is 2. The van der Waals surface area contributed by atoms with E-state index in [1.165, 1.54) is 4.90 Å². The van der Waals surface area contributed by atoms with Gasteiger partial charge in [0.2, 0.25) is 11.8 Å². The first-order chi connectivity index (χ1) is 8.35. The third kappa shape index (κ3) is 1.76. The van der Waals surface area contributed by atoms with Gasteiger partial charge < -0.3 is 15.3 Å². The normalized spacial score (nSPS) is 28.9. The zero-order valence-corrected chi connectivity index (χ0v) is 10.7. The minimum atomic E-state index is -1.20. The molecule has 1 atom stereocenters. The molecule has 1 aliphatic heterocycles. The standard InChI is InChI=1S/C12H18N2O4/c1-11(8(15)13-2)5-6-14(7-11)9(16)12(3-4-12)10(17)18/h3-7H2,1-2H3,(H,13,15)(H,17,18). The highest BCUT2D eigenvalue weighted by Gasteiger charge is 2.60. The Bertz CT molecular complexity index is 416. The minimum absolute atomic E-state index is 0.0991. The highest BCUT2D eigenvalue weighted by Crippen LogP contribution is 2.48. The lowest BCUT2D eigenvalue weighted by Gasteiger charge is -2.24. The fraction of sp³-hybridized carbons (Fsp3) is 0.750. The summed E-state index contributed by atoms with van der Waals surface area (Å²) >= 11 is 0. The lowest BCUT2D eigenvalue weighted by Crippen LogP contribution is -2.43. The molecule has 0 aromatic carbocycles. The maximum atomic E-state index is 12.2. The second-order valence-corrected chi connectivity index (χ2v) is 5.50. The molecule has 18 heavy (non-hydrogen) atoms. The Morgan fingerprint density at radius 1 is 1.22 bits per heavy atom. The van der Waals surface area contributed by atoms with E-state index < -0.39 is 16.8 Å². The second kappa shape index (κ2) is 3.96. The van der Waals surface area contributed by atoms with Crippen LogP contribution >= 0.6 is 0 Å². The molecule has 1 saturated heterocycles. The number of rotatable bonds is 3.